The molecule has 0 saturated carbocycles. The highest BCUT2D eigenvalue weighted by molar-refractivity contribution is 6.25. The maximum Gasteiger partial charge on any atom is 0.306 e. The fourth-order valence-corrected chi connectivity index (χ4v) is 5.06. The van der Waals surface area contributed by atoms with Gasteiger partial charge in [-0.15, -0.1) is 0 Å². The second-order valence-electron chi connectivity index (χ2n) is 9.89. The number of carbonyl (C=O) groups excluding carboxylic acids is 4. The van der Waals surface area contributed by atoms with Crippen molar-refractivity contribution in [2.75, 3.05) is 71.1 Å². The zero-order valence-electron chi connectivity index (χ0n) is 22.4. The Morgan fingerprint density at radius 2 is 1.60 bits per heavy atom. The normalized spacial score (nSPS) is 20.1. The van der Waals surface area contributed by atoms with Crippen molar-refractivity contribution in [2.45, 2.75) is 31.7 Å². The van der Waals surface area contributed by atoms with Crippen LogP contribution in [-0.2, 0) is 28.6 Å². The molecule has 1 atom stereocenters. The van der Waals surface area contributed by atoms with E-state index in [2.05, 4.69) is 15.5 Å². The van der Waals surface area contributed by atoms with Crippen LogP contribution in [0.5, 0.6) is 0 Å². The SMILES string of the molecule is O=C1CCC(N2C(=O)c3cccc(NCCOCCOCCOCCN4CCC(C(=O)O)CC4)c3C2=O)C(=O)N1. The molecule has 40 heavy (non-hydrogen) atoms. The van der Waals surface area contributed by atoms with Crippen molar-refractivity contribution in [3.05, 3.63) is 29.3 Å². The first-order chi connectivity index (χ1) is 19.4. The summed E-state index contributed by atoms with van der Waals surface area (Å²) in [4.78, 5) is 63.8. The van der Waals surface area contributed by atoms with E-state index < -0.39 is 35.6 Å². The second kappa shape index (κ2) is 14.3. The highest BCUT2D eigenvalue weighted by atomic mass is 16.5. The summed E-state index contributed by atoms with van der Waals surface area (Å²) >= 11 is 0. The number of carbonyl (C=O) groups is 5. The lowest BCUT2D eigenvalue weighted by molar-refractivity contribution is -0.143. The largest absolute Gasteiger partial charge is 0.481 e. The number of piperidine rings is 2. The Morgan fingerprint density at radius 1 is 0.925 bits per heavy atom. The number of carboxylic acids is 1. The van der Waals surface area contributed by atoms with Gasteiger partial charge in [-0.1, -0.05) is 6.07 Å². The fraction of sp³-hybridized carbons (Fsp3) is 0.593. The number of nitrogens with one attached hydrogen (secondary N) is 2. The zero-order chi connectivity index (χ0) is 28.5. The number of carboxylic acid groups (broad SMARTS) is 1. The van der Waals surface area contributed by atoms with E-state index in [1.54, 1.807) is 18.2 Å². The first kappa shape index (κ1) is 29.6. The molecule has 0 aromatic heterocycles. The average Bonchev–Trinajstić information content (AvgIpc) is 3.19. The number of fused-ring (bicyclic) bond motifs is 1. The minimum absolute atomic E-state index is 0.0691. The Balaban J connectivity index is 1.06. The van der Waals surface area contributed by atoms with Crippen molar-refractivity contribution in [3.8, 4) is 0 Å². The fourth-order valence-electron chi connectivity index (χ4n) is 5.06. The van der Waals surface area contributed by atoms with E-state index in [9.17, 15) is 24.0 Å². The molecular weight excluding hydrogens is 524 g/mol. The van der Waals surface area contributed by atoms with Gasteiger partial charge < -0.3 is 29.5 Å². The molecular formula is C27H36N4O9. The monoisotopic (exact) mass is 560 g/mol. The molecule has 4 rings (SSSR count). The smallest absolute Gasteiger partial charge is 0.306 e. The molecule has 3 aliphatic heterocycles. The van der Waals surface area contributed by atoms with Gasteiger partial charge in [-0.25, -0.2) is 0 Å². The van der Waals surface area contributed by atoms with E-state index in [4.69, 9.17) is 19.3 Å². The van der Waals surface area contributed by atoms with Gasteiger partial charge in [0.15, 0.2) is 0 Å². The molecule has 3 aliphatic rings. The highest BCUT2D eigenvalue weighted by Crippen LogP contribution is 2.32. The van der Waals surface area contributed by atoms with E-state index in [1.165, 1.54) is 0 Å². The number of imide groups is 2. The highest BCUT2D eigenvalue weighted by Gasteiger charge is 2.45. The Hall–Kier alpha value is -3.39. The van der Waals surface area contributed by atoms with Gasteiger partial charge >= 0.3 is 5.97 Å². The van der Waals surface area contributed by atoms with Gasteiger partial charge in [0, 0.05) is 25.2 Å². The van der Waals surface area contributed by atoms with Crippen molar-refractivity contribution in [1.82, 2.24) is 15.1 Å². The van der Waals surface area contributed by atoms with Gasteiger partial charge in [0.05, 0.1) is 56.7 Å². The number of nitrogens with zero attached hydrogens (tertiary/aromatic N) is 2. The molecule has 1 aromatic rings. The number of likely N-dealkylation sites (tertiary alicyclic amines) is 1. The number of amides is 4. The summed E-state index contributed by atoms with van der Waals surface area (Å²) < 4.78 is 16.7. The molecule has 218 valence electrons. The predicted molar refractivity (Wildman–Crippen MR) is 141 cm³/mol. The molecule has 3 heterocycles. The third-order valence-electron chi connectivity index (χ3n) is 7.26. The van der Waals surface area contributed by atoms with Gasteiger partial charge in [0.1, 0.15) is 6.04 Å². The minimum Gasteiger partial charge on any atom is -0.481 e. The standard InChI is InChI=1S/C27H36N4O9/c32-22-5-4-21(24(33)29-22)31-25(34)19-2-1-3-20(23(19)26(31)35)28-8-12-38-14-16-40-17-15-39-13-11-30-9-6-18(7-10-30)27(36)37/h1-3,18,21,28H,4-17H2,(H,36,37)(H,29,32,33). The van der Waals surface area contributed by atoms with Gasteiger partial charge in [0.25, 0.3) is 11.8 Å². The van der Waals surface area contributed by atoms with Crippen molar-refractivity contribution in [3.63, 3.8) is 0 Å². The molecule has 2 fully saturated rings. The molecule has 13 heteroatoms. The lowest BCUT2D eigenvalue weighted by Crippen LogP contribution is -2.54. The maximum atomic E-state index is 13.1. The van der Waals surface area contributed by atoms with Crippen LogP contribution in [0.15, 0.2) is 18.2 Å². The molecule has 4 amide bonds. The van der Waals surface area contributed by atoms with E-state index in [1.807, 2.05) is 0 Å². The molecule has 1 unspecified atom stereocenters. The van der Waals surface area contributed by atoms with Gasteiger partial charge in [-0.2, -0.15) is 0 Å². The number of benzene rings is 1. The van der Waals surface area contributed by atoms with E-state index in [0.29, 0.717) is 64.7 Å². The van der Waals surface area contributed by atoms with Crippen LogP contribution in [0.25, 0.3) is 0 Å². The van der Waals surface area contributed by atoms with Crippen molar-refractivity contribution >= 4 is 35.3 Å². The summed E-state index contributed by atoms with van der Waals surface area (Å²) in [5, 5.41) is 14.4. The van der Waals surface area contributed by atoms with Crippen LogP contribution in [0.1, 0.15) is 46.4 Å². The topological polar surface area (TPSA) is 164 Å². The van der Waals surface area contributed by atoms with Crippen molar-refractivity contribution < 1.29 is 43.3 Å². The van der Waals surface area contributed by atoms with E-state index in [0.717, 1.165) is 24.5 Å². The average molecular weight is 561 g/mol. The number of anilines is 1. The lowest BCUT2D eigenvalue weighted by Gasteiger charge is -2.29. The molecule has 13 nitrogen and oxygen atoms in total. The molecule has 1 aromatic carbocycles. The molecule has 0 aliphatic carbocycles. The third-order valence-corrected chi connectivity index (χ3v) is 7.26. The first-order valence-corrected chi connectivity index (χ1v) is 13.6. The molecule has 0 bridgehead atoms. The maximum absolute atomic E-state index is 13.1. The number of hydrogen-bond donors (Lipinski definition) is 3. The Labute approximate surface area is 232 Å². The third kappa shape index (κ3) is 7.42. The summed E-state index contributed by atoms with van der Waals surface area (Å²) in [5.74, 6) is -3.09. The lowest BCUT2D eigenvalue weighted by atomic mass is 9.97. The van der Waals surface area contributed by atoms with Gasteiger partial charge in [0.2, 0.25) is 11.8 Å². The zero-order valence-corrected chi connectivity index (χ0v) is 22.4. The van der Waals surface area contributed by atoms with Crippen molar-refractivity contribution in [2.24, 2.45) is 5.92 Å². The van der Waals surface area contributed by atoms with Crippen LogP contribution < -0.4 is 10.6 Å². The molecule has 0 spiro atoms. The Bertz CT molecular complexity index is 1100. The van der Waals surface area contributed by atoms with Crippen LogP contribution in [0, 0.1) is 5.92 Å². The van der Waals surface area contributed by atoms with E-state index in [-0.39, 0.29) is 29.9 Å². The molecule has 3 N–H and O–H groups in total. The van der Waals surface area contributed by atoms with Crippen LogP contribution in [0.3, 0.4) is 0 Å². The number of rotatable bonds is 15. The quantitative estimate of drug-likeness (QED) is 0.200. The summed E-state index contributed by atoms with van der Waals surface area (Å²) in [6.07, 6.45) is 1.54. The summed E-state index contributed by atoms with van der Waals surface area (Å²) in [7, 11) is 0. The van der Waals surface area contributed by atoms with Crippen LogP contribution in [0.4, 0.5) is 5.69 Å². The summed E-state index contributed by atoms with van der Waals surface area (Å²) in [5.41, 5.74) is 0.915. The van der Waals surface area contributed by atoms with Gasteiger partial charge in [-0.05, 0) is 44.5 Å². The van der Waals surface area contributed by atoms with Crippen LogP contribution in [0.2, 0.25) is 0 Å². The number of aliphatic carboxylic acids is 1. The number of ether oxygens (including phenoxy) is 3. The summed E-state index contributed by atoms with van der Waals surface area (Å²) in [6.45, 7) is 5.36. The van der Waals surface area contributed by atoms with Crippen LogP contribution in [-0.4, -0.2) is 116 Å². The van der Waals surface area contributed by atoms with Gasteiger partial charge in [-0.3, -0.25) is 34.2 Å². The van der Waals surface area contributed by atoms with Crippen LogP contribution >= 0.6 is 0 Å². The number of hydrogen-bond acceptors (Lipinski definition) is 10. The minimum atomic E-state index is -1.00. The van der Waals surface area contributed by atoms with Crippen molar-refractivity contribution in [1.29, 1.82) is 0 Å². The summed E-state index contributed by atoms with van der Waals surface area (Å²) in [6, 6.07) is 3.90. The molecule has 2 saturated heterocycles. The van der Waals surface area contributed by atoms with E-state index >= 15 is 0 Å². The molecule has 0 radical (unpaired) electrons. The Kier molecular flexibility index (Phi) is 10.6. The Morgan fingerprint density at radius 3 is 2.27 bits per heavy atom. The second-order valence-corrected chi connectivity index (χ2v) is 9.89. The predicted octanol–water partition coefficient (Wildman–Crippen LogP) is 0.346. The first-order valence-electron chi connectivity index (χ1n) is 13.6.